The van der Waals surface area contributed by atoms with Crippen LogP contribution in [0.2, 0.25) is 0 Å². The second kappa shape index (κ2) is 9.47. The summed E-state index contributed by atoms with van der Waals surface area (Å²) >= 11 is 1.76. The Morgan fingerprint density at radius 2 is 2.25 bits per heavy atom. The van der Waals surface area contributed by atoms with Crippen molar-refractivity contribution in [2.75, 3.05) is 20.1 Å². The van der Waals surface area contributed by atoms with Gasteiger partial charge in [-0.3, -0.25) is 4.99 Å². The van der Waals surface area contributed by atoms with Crippen LogP contribution in [0.4, 0.5) is 0 Å². The van der Waals surface area contributed by atoms with Crippen LogP contribution in [0.3, 0.4) is 0 Å². The molecule has 5 nitrogen and oxygen atoms in total. The molecule has 0 aliphatic rings. The van der Waals surface area contributed by atoms with Crippen molar-refractivity contribution in [2.24, 2.45) is 12.0 Å². The molecule has 24 heavy (non-hydrogen) atoms. The van der Waals surface area contributed by atoms with Crippen LogP contribution in [0.25, 0.3) is 0 Å². The Balaban J connectivity index is 1.80. The van der Waals surface area contributed by atoms with E-state index in [0.29, 0.717) is 0 Å². The van der Waals surface area contributed by atoms with E-state index in [2.05, 4.69) is 71.4 Å². The highest BCUT2D eigenvalue weighted by Crippen LogP contribution is 2.11. The number of aryl methyl sites for hydroxylation is 3. The molecule has 0 radical (unpaired) electrons. The number of rotatable bonds is 8. The Bertz CT molecular complexity index is 643. The Hall–Kier alpha value is -1.82. The van der Waals surface area contributed by atoms with E-state index in [-0.39, 0.29) is 0 Å². The molecule has 0 aliphatic carbocycles. The van der Waals surface area contributed by atoms with Gasteiger partial charge in [-0.2, -0.15) is 0 Å². The molecule has 0 fully saturated rings. The summed E-state index contributed by atoms with van der Waals surface area (Å²) in [7, 11) is 4.17. The predicted molar refractivity (Wildman–Crippen MR) is 103 cm³/mol. The van der Waals surface area contributed by atoms with Crippen LogP contribution < -0.4 is 5.32 Å². The van der Waals surface area contributed by atoms with Gasteiger partial charge in [-0.05, 0) is 45.2 Å². The van der Waals surface area contributed by atoms with Gasteiger partial charge in [-0.25, -0.2) is 4.98 Å². The molecule has 0 saturated heterocycles. The average Bonchev–Trinajstić information content (AvgIpc) is 3.14. The number of hydrogen-bond donors (Lipinski definition) is 1. The van der Waals surface area contributed by atoms with E-state index in [1.807, 2.05) is 0 Å². The minimum atomic E-state index is 0.851. The van der Waals surface area contributed by atoms with Crippen molar-refractivity contribution in [3.05, 3.63) is 40.1 Å². The lowest BCUT2D eigenvalue weighted by atomic mass is 10.2. The van der Waals surface area contributed by atoms with Crippen molar-refractivity contribution < 1.29 is 0 Å². The van der Waals surface area contributed by atoms with Crippen LogP contribution in [0, 0.1) is 6.92 Å². The standard InChI is InChI=1S/C18H29N5S/c1-5-19-18(23(4)13-16-9-8-12-22(16)3)20-11-7-6-10-17-21-15(2)14-24-17/h8-9,12,14H,5-7,10-11,13H2,1-4H3,(H,19,20). The van der Waals surface area contributed by atoms with Crippen LogP contribution in [-0.2, 0) is 20.0 Å². The number of hydrogen-bond acceptors (Lipinski definition) is 3. The van der Waals surface area contributed by atoms with E-state index in [4.69, 9.17) is 4.99 Å². The topological polar surface area (TPSA) is 45.5 Å². The van der Waals surface area contributed by atoms with Crippen LogP contribution >= 0.6 is 11.3 Å². The monoisotopic (exact) mass is 347 g/mol. The van der Waals surface area contributed by atoms with Crippen molar-refractivity contribution in [3.8, 4) is 0 Å². The Morgan fingerprint density at radius 3 is 2.88 bits per heavy atom. The van der Waals surface area contributed by atoms with Gasteiger partial charge in [-0.15, -0.1) is 11.3 Å². The molecule has 0 aromatic carbocycles. The van der Waals surface area contributed by atoms with E-state index in [0.717, 1.165) is 50.6 Å². The van der Waals surface area contributed by atoms with Gasteiger partial charge in [0.15, 0.2) is 5.96 Å². The highest BCUT2D eigenvalue weighted by atomic mass is 32.1. The molecular formula is C18H29N5S. The Labute approximate surface area is 149 Å². The highest BCUT2D eigenvalue weighted by molar-refractivity contribution is 7.09. The molecule has 0 unspecified atom stereocenters. The lowest BCUT2D eigenvalue weighted by molar-refractivity contribution is 0.461. The third kappa shape index (κ3) is 5.67. The molecule has 6 heteroatoms. The highest BCUT2D eigenvalue weighted by Gasteiger charge is 2.08. The number of guanidine groups is 1. The summed E-state index contributed by atoms with van der Waals surface area (Å²) in [5.74, 6) is 0.976. The van der Waals surface area contributed by atoms with Crippen molar-refractivity contribution in [2.45, 2.75) is 39.7 Å². The van der Waals surface area contributed by atoms with Gasteiger partial charge in [0.25, 0.3) is 0 Å². The van der Waals surface area contributed by atoms with Gasteiger partial charge < -0.3 is 14.8 Å². The third-order valence-electron chi connectivity index (χ3n) is 3.87. The maximum absolute atomic E-state index is 4.77. The van der Waals surface area contributed by atoms with Crippen LogP contribution in [0.15, 0.2) is 28.7 Å². The number of aromatic nitrogens is 2. The van der Waals surface area contributed by atoms with Crippen molar-refractivity contribution in [1.82, 2.24) is 19.8 Å². The molecule has 132 valence electrons. The zero-order chi connectivity index (χ0) is 17.4. The van der Waals surface area contributed by atoms with Crippen molar-refractivity contribution in [3.63, 3.8) is 0 Å². The van der Waals surface area contributed by atoms with Gasteiger partial charge >= 0.3 is 0 Å². The molecule has 2 heterocycles. The predicted octanol–water partition coefficient (Wildman–Crippen LogP) is 3.21. The van der Waals surface area contributed by atoms with E-state index in [1.165, 1.54) is 10.7 Å². The average molecular weight is 348 g/mol. The first-order valence-electron chi connectivity index (χ1n) is 8.60. The van der Waals surface area contributed by atoms with E-state index >= 15 is 0 Å². The fourth-order valence-electron chi connectivity index (χ4n) is 2.54. The SMILES string of the molecule is CCNC(=NCCCCc1nc(C)cs1)N(C)Cc1cccn1C. The molecule has 0 spiro atoms. The summed E-state index contributed by atoms with van der Waals surface area (Å²) in [6.07, 6.45) is 5.36. The van der Waals surface area contributed by atoms with E-state index in [1.54, 1.807) is 11.3 Å². The summed E-state index contributed by atoms with van der Waals surface area (Å²) in [6.45, 7) is 6.75. The van der Waals surface area contributed by atoms with Crippen LogP contribution in [-0.4, -0.2) is 40.5 Å². The first kappa shape index (κ1) is 18.5. The summed E-state index contributed by atoms with van der Waals surface area (Å²) in [6, 6.07) is 4.23. The molecule has 0 saturated carbocycles. The number of aliphatic imine (C=N–C) groups is 1. The van der Waals surface area contributed by atoms with Crippen LogP contribution in [0.5, 0.6) is 0 Å². The third-order valence-corrected chi connectivity index (χ3v) is 4.90. The molecule has 2 rings (SSSR count). The largest absolute Gasteiger partial charge is 0.357 e. The number of unbranched alkanes of at least 4 members (excludes halogenated alkanes) is 1. The maximum Gasteiger partial charge on any atom is 0.194 e. The molecule has 1 N–H and O–H groups in total. The zero-order valence-corrected chi connectivity index (χ0v) is 16.1. The minimum absolute atomic E-state index is 0.851. The van der Waals surface area contributed by atoms with Gasteiger partial charge in [0.2, 0.25) is 0 Å². The van der Waals surface area contributed by atoms with Gasteiger partial charge in [0, 0.05) is 50.1 Å². The second-order valence-electron chi connectivity index (χ2n) is 6.04. The summed E-state index contributed by atoms with van der Waals surface area (Å²) in [4.78, 5) is 11.5. The van der Waals surface area contributed by atoms with Crippen molar-refractivity contribution in [1.29, 1.82) is 0 Å². The number of thiazole rings is 1. The molecule has 0 bridgehead atoms. The second-order valence-corrected chi connectivity index (χ2v) is 6.98. The van der Waals surface area contributed by atoms with E-state index in [9.17, 15) is 0 Å². The summed E-state index contributed by atoms with van der Waals surface area (Å²) in [5.41, 5.74) is 2.41. The lowest BCUT2D eigenvalue weighted by Crippen LogP contribution is -2.38. The number of nitrogens with one attached hydrogen (secondary N) is 1. The smallest absolute Gasteiger partial charge is 0.194 e. The first-order chi connectivity index (χ1) is 11.6. The maximum atomic E-state index is 4.77. The van der Waals surface area contributed by atoms with Crippen molar-refractivity contribution >= 4 is 17.3 Å². The van der Waals surface area contributed by atoms with E-state index < -0.39 is 0 Å². The molecule has 2 aromatic heterocycles. The normalized spacial score (nSPS) is 11.8. The number of nitrogens with zero attached hydrogens (tertiary/aromatic N) is 4. The fourth-order valence-corrected chi connectivity index (χ4v) is 3.36. The zero-order valence-electron chi connectivity index (χ0n) is 15.2. The summed E-state index contributed by atoms with van der Waals surface area (Å²) in [5, 5.41) is 6.74. The lowest BCUT2D eigenvalue weighted by Gasteiger charge is -2.22. The fraction of sp³-hybridized carbons (Fsp3) is 0.556. The molecule has 2 aromatic rings. The minimum Gasteiger partial charge on any atom is -0.357 e. The molecular weight excluding hydrogens is 318 g/mol. The summed E-state index contributed by atoms with van der Waals surface area (Å²) < 4.78 is 2.15. The van der Waals surface area contributed by atoms with Gasteiger partial charge in [-0.1, -0.05) is 0 Å². The Morgan fingerprint density at radius 1 is 1.42 bits per heavy atom. The van der Waals surface area contributed by atoms with Gasteiger partial charge in [0.1, 0.15) is 0 Å². The molecule has 0 aliphatic heterocycles. The quantitative estimate of drug-likeness (QED) is 0.453. The van der Waals surface area contributed by atoms with Gasteiger partial charge in [0.05, 0.1) is 11.6 Å². The van der Waals surface area contributed by atoms with Crippen LogP contribution in [0.1, 0.15) is 36.2 Å². The first-order valence-corrected chi connectivity index (χ1v) is 9.48. The Kier molecular flexibility index (Phi) is 7.31. The molecule has 0 amide bonds. The molecule has 0 atom stereocenters.